The number of amides is 2. The Morgan fingerprint density at radius 3 is 2.44 bits per heavy atom. The van der Waals surface area contributed by atoms with Crippen molar-refractivity contribution in [2.24, 2.45) is 0 Å². The molecular weight excluding hydrogens is 228 g/mol. The first-order chi connectivity index (χ1) is 7.35. The fourth-order valence-corrected chi connectivity index (χ4v) is 3.10. The zero-order valence-electron chi connectivity index (χ0n) is 9.26. The van der Waals surface area contributed by atoms with Crippen LogP contribution in [0.3, 0.4) is 0 Å². The Morgan fingerprint density at radius 1 is 1.19 bits per heavy atom. The summed E-state index contributed by atoms with van der Waals surface area (Å²) >= 11 is 0. The molecule has 0 N–H and O–H groups in total. The molecule has 86 valence electrons. The number of hydrogen-bond donors (Lipinski definition) is 0. The van der Waals surface area contributed by atoms with Gasteiger partial charge in [-0.05, 0) is 24.6 Å². The van der Waals surface area contributed by atoms with Crippen LogP contribution >= 0.6 is 0 Å². The molecule has 1 aromatic rings. The summed E-state index contributed by atoms with van der Waals surface area (Å²) in [6, 6.07) is 4.46. The minimum atomic E-state index is -3.68. The lowest BCUT2D eigenvalue weighted by Gasteiger charge is -2.32. The molecule has 0 saturated heterocycles. The van der Waals surface area contributed by atoms with Gasteiger partial charge in [-0.2, -0.15) is 0 Å². The topological polar surface area (TPSA) is 57.7 Å². The smallest absolute Gasteiger partial charge is 0.295 e. The van der Waals surface area contributed by atoms with Gasteiger partial charge in [0.15, 0.2) is 0 Å². The van der Waals surface area contributed by atoms with Crippen molar-refractivity contribution < 1.29 is 13.2 Å². The van der Waals surface area contributed by atoms with Gasteiger partial charge < -0.3 is 0 Å². The second-order valence-electron chi connectivity index (χ2n) is 3.79. The molecule has 1 heterocycles. The Morgan fingerprint density at radius 2 is 1.81 bits per heavy atom. The van der Waals surface area contributed by atoms with Crippen LogP contribution in [0.15, 0.2) is 23.1 Å². The van der Waals surface area contributed by atoms with Gasteiger partial charge in [0.1, 0.15) is 4.90 Å². The molecule has 0 fully saturated rings. The zero-order valence-corrected chi connectivity index (χ0v) is 10.1. The molecule has 2 amide bonds. The van der Waals surface area contributed by atoms with Crippen molar-refractivity contribution in [1.82, 2.24) is 4.31 Å². The lowest BCUT2D eigenvalue weighted by Crippen LogP contribution is -2.46. The van der Waals surface area contributed by atoms with Crippen LogP contribution in [0.2, 0.25) is 0 Å². The van der Waals surface area contributed by atoms with Crippen LogP contribution in [0.1, 0.15) is 5.56 Å². The van der Waals surface area contributed by atoms with Crippen molar-refractivity contribution in [3.05, 3.63) is 23.8 Å². The van der Waals surface area contributed by atoms with Crippen LogP contribution in [0.4, 0.5) is 10.5 Å². The first kappa shape index (κ1) is 10.9. The summed E-state index contributed by atoms with van der Waals surface area (Å²) in [7, 11) is -0.863. The van der Waals surface area contributed by atoms with E-state index in [-0.39, 0.29) is 4.90 Å². The fourth-order valence-electron chi connectivity index (χ4n) is 1.67. The number of rotatable bonds is 0. The Bertz CT molecular complexity index is 565. The summed E-state index contributed by atoms with van der Waals surface area (Å²) < 4.78 is 24.7. The standard InChI is InChI=1S/C10H12N2O3S/c1-7-4-5-8-9(6-7)16(14,15)12(3)10(13)11(8)2/h4-6H,1-3H3. The van der Waals surface area contributed by atoms with Crippen molar-refractivity contribution in [2.45, 2.75) is 11.8 Å². The van der Waals surface area contributed by atoms with Gasteiger partial charge in [-0.3, -0.25) is 4.90 Å². The number of carbonyl (C=O) groups is 1. The first-order valence-corrected chi connectivity index (χ1v) is 6.17. The highest BCUT2D eigenvalue weighted by Gasteiger charge is 2.37. The van der Waals surface area contributed by atoms with Crippen molar-refractivity contribution in [3.8, 4) is 0 Å². The molecule has 5 nitrogen and oxygen atoms in total. The molecule has 0 spiro atoms. The van der Waals surface area contributed by atoms with Crippen molar-refractivity contribution in [2.75, 3.05) is 19.0 Å². The molecule has 0 atom stereocenters. The number of nitrogens with zero attached hydrogens (tertiary/aromatic N) is 2. The van der Waals surface area contributed by atoms with Gasteiger partial charge >= 0.3 is 6.03 Å². The second-order valence-corrected chi connectivity index (χ2v) is 5.72. The molecule has 1 aliphatic rings. The van der Waals surface area contributed by atoms with E-state index in [2.05, 4.69) is 0 Å². The molecule has 1 aliphatic heterocycles. The summed E-state index contributed by atoms with van der Waals surface area (Å²) in [5.74, 6) is 0. The molecular formula is C10H12N2O3S. The van der Waals surface area contributed by atoms with Crippen molar-refractivity contribution >= 4 is 21.7 Å². The van der Waals surface area contributed by atoms with E-state index in [0.717, 1.165) is 9.87 Å². The van der Waals surface area contributed by atoms with E-state index in [4.69, 9.17) is 0 Å². The predicted octanol–water partition coefficient (Wildman–Crippen LogP) is 1.19. The summed E-state index contributed by atoms with van der Waals surface area (Å²) in [5, 5.41) is 0. The lowest BCUT2D eigenvalue weighted by molar-refractivity contribution is 0.234. The van der Waals surface area contributed by atoms with E-state index in [0.29, 0.717) is 5.69 Å². The number of hydrogen-bond acceptors (Lipinski definition) is 3. The monoisotopic (exact) mass is 240 g/mol. The predicted molar refractivity (Wildman–Crippen MR) is 59.9 cm³/mol. The third-order valence-electron chi connectivity index (χ3n) is 2.67. The molecule has 0 aromatic heterocycles. The molecule has 0 radical (unpaired) electrons. The second kappa shape index (κ2) is 3.21. The molecule has 0 bridgehead atoms. The Labute approximate surface area is 94.3 Å². The van der Waals surface area contributed by atoms with Gasteiger partial charge in [-0.25, -0.2) is 17.5 Å². The highest BCUT2D eigenvalue weighted by molar-refractivity contribution is 7.90. The molecule has 0 aliphatic carbocycles. The molecule has 6 heteroatoms. The normalized spacial score (nSPS) is 18.6. The highest BCUT2D eigenvalue weighted by Crippen LogP contribution is 2.32. The van der Waals surface area contributed by atoms with Crippen LogP contribution in [-0.2, 0) is 10.0 Å². The average Bonchev–Trinajstić information content (AvgIpc) is 2.24. The maximum Gasteiger partial charge on any atom is 0.337 e. The SMILES string of the molecule is Cc1ccc2c(c1)S(=O)(=O)N(C)C(=O)N2C. The van der Waals surface area contributed by atoms with Gasteiger partial charge in [0.2, 0.25) is 0 Å². The largest absolute Gasteiger partial charge is 0.337 e. The summed E-state index contributed by atoms with van der Waals surface area (Å²) in [6.45, 7) is 1.81. The molecule has 0 saturated carbocycles. The number of benzene rings is 1. The zero-order chi connectivity index (χ0) is 12.1. The van der Waals surface area contributed by atoms with E-state index in [1.54, 1.807) is 25.2 Å². The number of urea groups is 1. The maximum absolute atomic E-state index is 12.0. The lowest BCUT2D eigenvalue weighted by atomic mass is 10.2. The first-order valence-electron chi connectivity index (χ1n) is 4.73. The molecule has 1 aromatic carbocycles. The Balaban J connectivity index is 2.79. The van der Waals surface area contributed by atoms with Crippen LogP contribution in [0.5, 0.6) is 0 Å². The molecule has 2 rings (SSSR count). The van der Waals surface area contributed by atoms with Crippen molar-refractivity contribution in [3.63, 3.8) is 0 Å². The van der Waals surface area contributed by atoms with Crippen LogP contribution in [0, 0.1) is 6.92 Å². The quantitative estimate of drug-likeness (QED) is 0.684. The number of sulfonamides is 1. The third-order valence-corrected chi connectivity index (χ3v) is 4.43. The van der Waals surface area contributed by atoms with Crippen LogP contribution < -0.4 is 4.90 Å². The van der Waals surface area contributed by atoms with E-state index < -0.39 is 16.1 Å². The van der Waals surface area contributed by atoms with Crippen LogP contribution in [0.25, 0.3) is 0 Å². The fraction of sp³-hybridized carbons (Fsp3) is 0.300. The van der Waals surface area contributed by atoms with E-state index >= 15 is 0 Å². The number of anilines is 1. The number of fused-ring (bicyclic) bond motifs is 1. The summed E-state index contributed by atoms with van der Waals surface area (Å²) in [6.07, 6.45) is 0. The Hall–Kier alpha value is -1.56. The van der Waals surface area contributed by atoms with E-state index in [1.165, 1.54) is 11.9 Å². The van der Waals surface area contributed by atoms with Gasteiger partial charge in [-0.1, -0.05) is 6.07 Å². The van der Waals surface area contributed by atoms with Crippen LogP contribution in [-0.4, -0.2) is 32.8 Å². The third kappa shape index (κ3) is 1.30. The van der Waals surface area contributed by atoms with E-state index in [9.17, 15) is 13.2 Å². The minimum Gasteiger partial charge on any atom is -0.295 e. The number of carbonyl (C=O) groups excluding carboxylic acids is 1. The minimum absolute atomic E-state index is 0.178. The maximum atomic E-state index is 12.0. The summed E-state index contributed by atoms with van der Waals surface area (Å²) in [4.78, 5) is 13.2. The van der Waals surface area contributed by atoms with Gasteiger partial charge in [0.25, 0.3) is 10.0 Å². The molecule has 16 heavy (non-hydrogen) atoms. The average molecular weight is 240 g/mol. The highest BCUT2D eigenvalue weighted by atomic mass is 32.2. The summed E-state index contributed by atoms with van der Waals surface area (Å²) in [5.41, 5.74) is 1.27. The van der Waals surface area contributed by atoms with E-state index in [1.807, 2.05) is 6.92 Å². The molecule has 0 unspecified atom stereocenters. The van der Waals surface area contributed by atoms with Gasteiger partial charge in [-0.15, -0.1) is 0 Å². The van der Waals surface area contributed by atoms with Crippen molar-refractivity contribution in [1.29, 1.82) is 0 Å². The van der Waals surface area contributed by atoms with Gasteiger partial charge in [0, 0.05) is 14.1 Å². The van der Waals surface area contributed by atoms with Gasteiger partial charge in [0.05, 0.1) is 5.69 Å². The Kier molecular flexibility index (Phi) is 2.20. The number of aryl methyl sites for hydroxylation is 1.